The molecule has 1 rings (SSSR count). The Labute approximate surface area is 94.8 Å². The van der Waals surface area contributed by atoms with Crippen LogP contribution in [0, 0.1) is 6.92 Å². The summed E-state index contributed by atoms with van der Waals surface area (Å²) in [4.78, 5) is 0. The van der Waals surface area contributed by atoms with Gasteiger partial charge in [-0.3, -0.25) is 0 Å². The molecule has 0 saturated heterocycles. The van der Waals surface area contributed by atoms with Crippen LogP contribution in [-0.4, -0.2) is 18.8 Å². The summed E-state index contributed by atoms with van der Waals surface area (Å²) in [5, 5.41) is 10.7. The highest BCUT2D eigenvalue weighted by Crippen LogP contribution is 2.33. The van der Waals surface area contributed by atoms with E-state index in [4.69, 9.17) is 22.1 Å². The van der Waals surface area contributed by atoms with Gasteiger partial charge in [-0.1, -0.05) is 11.6 Å². The monoisotopic (exact) mass is 229 g/mol. The van der Waals surface area contributed by atoms with Crippen LogP contribution in [0.3, 0.4) is 0 Å². The third-order valence-electron chi connectivity index (χ3n) is 2.46. The van der Waals surface area contributed by atoms with E-state index in [0.717, 1.165) is 5.56 Å². The lowest BCUT2D eigenvalue weighted by Crippen LogP contribution is -2.31. The minimum absolute atomic E-state index is 0.114. The highest BCUT2D eigenvalue weighted by atomic mass is 35.5. The summed E-state index contributed by atoms with van der Waals surface area (Å²) >= 11 is 6.00. The van der Waals surface area contributed by atoms with Crippen molar-refractivity contribution in [3.05, 3.63) is 28.3 Å². The minimum Gasteiger partial charge on any atom is -0.496 e. The Bertz CT molecular complexity index is 364. The van der Waals surface area contributed by atoms with Gasteiger partial charge in [0.1, 0.15) is 11.4 Å². The highest BCUT2D eigenvalue weighted by Gasteiger charge is 2.25. The maximum absolute atomic E-state index is 10.1. The molecule has 84 valence electrons. The Morgan fingerprint density at radius 1 is 1.53 bits per heavy atom. The van der Waals surface area contributed by atoms with Gasteiger partial charge in [0, 0.05) is 17.1 Å². The third kappa shape index (κ3) is 2.43. The second kappa shape index (κ2) is 4.39. The van der Waals surface area contributed by atoms with E-state index in [9.17, 15) is 5.11 Å². The molecule has 1 unspecified atom stereocenters. The summed E-state index contributed by atoms with van der Waals surface area (Å²) in [6.07, 6.45) is 0. The van der Waals surface area contributed by atoms with Gasteiger partial charge >= 0.3 is 0 Å². The summed E-state index contributed by atoms with van der Waals surface area (Å²) < 4.78 is 5.20. The van der Waals surface area contributed by atoms with E-state index in [1.165, 1.54) is 0 Å². The fourth-order valence-electron chi connectivity index (χ4n) is 1.35. The molecule has 0 amide bonds. The van der Waals surface area contributed by atoms with Gasteiger partial charge < -0.3 is 15.6 Å². The molecule has 1 aromatic rings. The van der Waals surface area contributed by atoms with Gasteiger partial charge in [-0.05, 0) is 31.5 Å². The zero-order valence-corrected chi connectivity index (χ0v) is 9.93. The molecule has 3 nitrogen and oxygen atoms in total. The number of nitrogens with two attached hydrogens (primary N) is 1. The number of aryl methyl sites for hydroxylation is 1. The molecule has 0 aliphatic rings. The average Bonchev–Trinajstić information content (AvgIpc) is 2.21. The van der Waals surface area contributed by atoms with Gasteiger partial charge in [-0.2, -0.15) is 0 Å². The molecule has 3 N–H and O–H groups in total. The van der Waals surface area contributed by atoms with Crippen LogP contribution >= 0.6 is 11.6 Å². The lowest BCUT2D eigenvalue weighted by Gasteiger charge is -2.24. The average molecular weight is 230 g/mol. The Kier molecular flexibility index (Phi) is 3.60. The SMILES string of the molecule is COc1cc(C)c(Cl)cc1C(C)(O)CN. The smallest absolute Gasteiger partial charge is 0.125 e. The zero-order chi connectivity index (χ0) is 11.6. The van der Waals surface area contributed by atoms with Crippen molar-refractivity contribution < 1.29 is 9.84 Å². The fourth-order valence-corrected chi connectivity index (χ4v) is 1.52. The largest absolute Gasteiger partial charge is 0.496 e. The maximum Gasteiger partial charge on any atom is 0.125 e. The number of ether oxygens (including phenoxy) is 1. The second-order valence-corrected chi connectivity index (χ2v) is 4.19. The van der Waals surface area contributed by atoms with Crippen molar-refractivity contribution in [1.82, 2.24) is 0 Å². The van der Waals surface area contributed by atoms with Crippen molar-refractivity contribution in [3.63, 3.8) is 0 Å². The molecule has 0 aromatic heterocycles. The van der Waals surface area contributed by atoms with E-state index in [1.807, 2.05) is 6.92 Å². The first-order valence-corrected chi connectivity index (χ1v) is 5.07. The van der Waals surface area contributed by atoms with Crippen LogP contribution in [0.4, 0.5) is 0 Å². The quantitative estimate of drug-likeness (QED) is 0.832. The number of halogens is 1. The third-order valence-corrected chi connectivity index (χ3v) is 2.87. The van der Waals surface area contributed by atoms with E-state index in [-0.39, 0.29) is 6.54 Å². The van der Waals surface area contributed by atoms with Crippen LogP contribution in [0.25, 0.3) is 0 Å². The standard InChI is InChI=1S/C11H16ClNO2/c1-7-4-10(15-3)8(5-9(7)12)11(2,14)6-13/h4-5,14H,6,13H2,1-3H3. The van der Waals surface area contributed by atoms with Crippen molar-refractivity contribution in [2.45, 2.75) is 19.4 Å². The summed E-state index contributed by atoms with van der Waals surface area (Å²) in [5.41, 5.74) is 5.90. The summed E-state index contributed by atoms with van der Waals surface area (Å²) in [7, 11) is 1.55. The van der Waals surface area contributed by atoms with Crippen molar-refractivity contribution in [3.8, 4) is 5.75 Å². The molecular formula is C11H16ClNO2. The molecule has 1 aromatic carbocycles. The van der Waals surface area contributed by atoms with Gasteiger partial charge in [0.15, 0.2) is 0 Å². The molecule has 0 aliphatic heterocycles. The van der Waals surface area contributed by atoms with Gasteiger partial charge in [0.2, 0.25) is 0 Å². The first-order chi connectivity index (χ1) is 6.92. The predicted molar refractivity (Wildman–Crippen MR) is 61.4 cm³/mol. The number of methoxy groups -OCH3 is 1. The molecule has 0 saturated carbocycles. The Morgan fingerprint density at radius 2 is 2.13 bits per heavy atom. The number of rotatable bonds is 3. The Morgan fingerprint density at radius 3 is 2.60 bits per heavy atom. The lowest BCUT2D eigenvalue weighted by molar-refractivity contribution is 0.0640. The molecular weight excluding hydrogens is 214 g/mol. The van der Waals surface area contributed by atoms with Crippen molar-refractivity contribution in [2.75, 3.05) is 13.7 Å². The predicted octanol–water partition coefficient (Wildman–Crippen LogP) is 1.82. The van der Waals surface area contributed by atoms with Crippen molar-refractivity contribution in [1.29, 1.82) is 0 Å². The Balaban J connectivity index is 3.34. The second-order valence-electron chi connectivity index (χ2n) is 3.78. The zero-order valence-electron chi connectivity index (χ0n) is 9.17. The van der Waals surface area contributed by atoms with E-state index in [0.29, 0.717) is 16.3 Å². The lowest BCUT2D eigenvalue weighted by atomic mass is 9.94. The van der Waals surface area contributed by atoms with E-state index in [1.54, 1.807) is 26.2 Å². The fraction of sp³-hybridized carbons (Fsp3) is 0.455. The molecule has 15 heavy (non-hydrogen) atoms. The van der Waals surface area contributed by atoms with Gasteiger partial charge in [-0.25, -0.2) is 0 Å². The van der Waals surface area contributed by atoms with Crippen LogP contribution in [0.1, 0.15) is 18.1 Å². The maximum atomic E-state index is 10.1. The van der Waals surface area contributed by atoms with Crippen LogP contribution in [0.5, 0.6) is 5.75 Å². The number of hydrogen-bond donors (Lipinski definition) is 2. The molecule has 0 spiro atoms. The van der Waals surface area contributed by atoms with E-state index in [2.05, 4.69) is 0 Å². The number of benzene rings is 1. The van der Waals surface area contributed by atoms with Gasteiger partial charge in [0.05, 0.1) is 7.11 Å². The van der Waals surface area contributed by atoms with Crippen molar-refractivity contribution >= 4 is 11.6 Å². The van der Waals surface area contributed by atoms with Crippen LogP contribution in [-0.2, 0) is 5.60 Å². The molecule has 0 heterocycles. The summed E-state index contributed by atoms with van der Waals surface area (Å²) in [6.45, 7) is 3.63. The molecule has 4 heteroatoms. The topological polar surface area (TPSA) is 55.5 Å². The van der Waals surface area contributed by atoms with Crippen LogP contribution in [0.2, 0.25) is 5.02 Å². The molecule has 0 aliphatic carbocycles. The molecule has 1 atom stereocenters. The molecule has 0 radical (unpaired) electrons. The number of hydrogen-bond acceptors (Lipinski definition) is 3. The normalized spacial score (nSPS) is 14.8. The van der Waals surface area contributed by atoms with Crippen molar-refractivity contribution in [2.24, 2.45) is 5.73 Å². The summed E-state index contributed by atoms with van der Waals surface area (Å²) in [5.74, 6) is 0.604. The van der Waals surface area contributed by atoms with Gasteiger partial charge in [-0.15, -0.1) is 0 Å². The first kappa shape index (κ1) is 12.3. The Hall–Kier alpha value is -0.770. The molecule has 0 bridgehead atoms. The minimum atomic E-state index is -1.12. The van der Waals surface area contributed by atoms with Gasteiger partial charge in [0.25, 0.3) is 0 Å². The van der Waals surface area contributed by atoms with E-state index >= 15 is 0 Å². The molecule has 0 fully saturated rings. The van der Waals surface area contributed by atoms with Crippen LogP contribution in [0.15, 0.2) is 12.1 Å². The van der Waals surface area contributed by atoms with Crippen LogP contribution < -0.4 is 10.5 Å². The highest BCUT2D eigenvalue weighted by molar-refractivity contribution is 6.31. The van der Waals surface area contributed by atoms with E-state index < -0.39 is 5.60 Å². The number of aliphatic hydroxyl groups is 1. The summed E-state index contributed by atoms with van der Waals surface area (Å²) in [6, 6.07) is 3.49. The first-order valence-electron chi connectivity index (χ1n) is 4.69.